The van der Waals surface area contributed by atoms with E-state index in [1.807, 2.05) is 0 Å². The second-order valence-electron chi connectivity index (χ2n) is 6.47. The zero-order chi connectivity index (χ0) is 13.1. The summed E-state index contributed by atoms with van der Waals surface area (Å²) in [5, 5.41) is 0. The van der Waals surface area contributed by atoms with E-state index in [1.165, 1.54) is 58.4 Å². The molecule has 4 nitrogen and oxygen atoms in total. The highest BCUT2D eigenvalue weighted by Crippen LogP contribution is 2.21. The molecule has 0 unspecified atom stereocenters. The van der Waals surface area contributed by atoms with Crippen molar-refractivity contribution >= 4 is 0 Å². The molecule has 3 aliphatic heterocycles. The van der Waals surface area contributed by atoms with Crippen molar-refractivity contribution in [1.29, 1.82) is 0 Å². The molecule has 3 rings (SSSR count). The first kappa shape index (κ1) is 13.8. The largest absolute Gasteiger partial charge is 0.374 e. The molecule has 19 heavy (non-hydrogen) atoms. The number of morpholine rings is 1. The van der Waals surface area contributed by atoms with Gasteiger partial charge >= 0.3 is 0 Å². The number of likely N-dealkylation sites (N-methyl/N-ethyl adjacent to an activating group) is 1. The summed E-state index contributed by atoms with van der Waals surface area (Å²) in [4.78, 5) is 7.75. The van der Waals surface area contributed by atoms with Crippen LogP contribution in [0.4, 0.5) is 0 Å². The summed E-state index contributed by atoms with van der Waals surface area (Å²) < 4.78 is 5.91. The minimum atomic E-state index is 0.466. The van der Waals surface area contributed by atoms with E-state index in [0.717, 1.165) is 19.7 Å². The van der Waals surface area contributed by atoms with Crippen molar-refractivity contribution in [3.63, 3.8) is 0 Å². The molecule has 0 N–H and O–H groups in total. The molecule has 0 spiro atoms. The van der Waals surface area contributed by atoms with Crippen molar-refractivity contribution in [2.45, 2.75) is 37.8 Å². The van der Waals surface area contributed by atoms with Crippen molar-refractivity contribution in [1.82, 2.24) is 14.7 Å². The molecular weight excluding hydrogens is 238 g/mol. The summed E-state index contributed by atoms with van der Waals surface area (Å²) in [5.74, 6) is 0. The highest BCUT2D eigenvalue weighted by atomic mass is 16.5. The SMILES string of the molecule is CN1CCO[C@H]2CN(CCCN3CCCCC3)C[C@H]21. The highest BCUT2D eigenvalue weighted by molar-refractivity contribution is 4.93. The molecule has 2 atom stereocenters. The van der Waals surface area contributed by atoms with Crippen LogP contribution in [0.15, 0.2) is 0 Å². The summed E-state index contributed by atoms with van der Waals surface area (Å²) in [5.41, 5.74) is 0. The van der Waals surface area contributed by atoms with Gasteiger partial charge in [0, 0.05) is 25.7 Å². The van der Waals surface area contributed by atoms with E-state index in [0.29, 0.717) is 12.1 Å². The van der Waals surface area contributed by atoms with E-state index < -0.39 is 0 Å². The number of ether oxygens (including phenoxy) is 1. The van der Waals surface area contributed by atoms with E-state index in [1.54, 1.807) is 0 Å². The van der Waals surface area contributed by atoms with Gasteiger partial charge in [-0.2, -0.15) is 0 Å². The zero-order valence-corrected chi connectivity index (χ0v) is 12.4. The third-order valence-electron chi connectivity index (χ3n) is 5.05. The van der Waals surface area contributed by atoms with Gasteiger partial charge in [-0.25, -0.2) is 0 Å². The van der Waals surface area contributed by atoms with Crippen molar-refractivity contribution < 1.29 is 4.74 Å². The van der Waals surface area contributed by atoms with Crippen molar-refractivity contribution in [2.24, 2.45) is 0 Å². The summed E-state index contributed by atoms with van der Waals surface area (Å²) >= 11 is 0. The third kappa shape index (κ3) is 3.48. The van der Waals surface area contributed by atoms with Crippen LogP contribution in [-0.4, -0.2) is 86.3 Å². The van der Waals surface area contributed by atoms with Crippen molar-refractivity contribution in [3.05, 3.63) is 0 Å². The molecule has 3 saturated heterocycles. The second-order valence-corrected chi connectivity index (χ2v) is 6.47. The molecule has 0 aliphatic carbocycles. The van der Waals surface area contributed by atoms with Crippen molar-refractivity contribution in [2.75, 3.05) is 59.5 Å². The van der Waals surface area contributed by atoms with Gasteiger partial charge in [-0.05, 0) is 52.5 Å². The van der Waals surface area contributed by atoms with Gasteiger partial charge in [0.15, 0.2) is 0 Å². The fraction of sp³-hybridized carbons (Fsp3) is 1.00. The van der Waals surface area contributed by atoms with Crippen LogP contribution >= 0.6 is 0 Å². The Morgan fingerprint density at radius 2 is 1.74 bits per heavy atom. The van der Waals surface area contributed by atoms with Crippen LogP contribution in [0.25, 0.3) is 0 Å². The van der Waals surface area contributed by atoms with Gasteiger partial charge in [-0.3, -0.25) is 9.80 Å². The van der Waals surface area contributed by atoms with Gasteiger partial charge in [0.25, 0.3) is 0 Å². The van der Waals surface area contributed by atoms with Crippen LogP contribution in [0.3, 0.4) is 0 Å². The van der Waals surface area contributed by atoms with Gasteiger partial charge in [0.2, 0.25) is 0 Å². The number of piperidine rings is 1. The monoisotopic (exact) mass is 267 g/mol. The fourth-order valence-corrected chi connectivity index (χ4v) is 3.82. The van der Waals surface area contributed by atoms with Crippen LogP contribution in [0.5, 0.6) is 0 Å². The Morgan fingerprint density at radius 3 is 2.53 bits per heavy atom. The average molecular weight is 267 g/mol. The van der Waals surface area contributed by atoms with E-state index in [4.69, 9.17) is 4.74 Å². The van der Waals surface area contributed by atoms with Gasteiger partial charge in [0.05, 0.1) is 12.7 Å². The molecule has 0 bridgehead atoms. The first-order valence-electron chi connectivity index (χ1n) is 8.09. The van der Waals surface area contributed by atoms with Gasteiger partial charge in [-0.15, -0.1) is 0 Å². The minimum absolute atomic E-state index is 0.466. The first-order valence-corrected chi connectivity index (χ1v) is 8.09. The topological polar surface area (TPSA) is 19.0 Å². The van der Waals surface area contributed by atoms with Crippen LogP contribution < -0.4 is 0 Å². The van der Waals surface area contributed by atoms with Gasteiger partial charge in [-0.1, -0.05) is 6.42 Å². The van der Waals surface area contributed by atoms with E-state index in [-0.39, 0.29) is 0 Å². The number of rotatable bonds is 4. The molecule has 3 heterocycles. The maximum absolute atomic E-state index is 5.91. The second kappa shape index (κ2) is 6.53. The normalized spacial score (nSPS) is 34.6. The standard InChI is InChI=1S/C15H29N3O/c1-16-10-11-19-15-13-18(12-14(15)16)9-5-8-17-6-3-2-4-7-17/h14-15H,2-13H2,1H3/t14-,15+/m1/s1. The number of hydrogen-bond donors (Lipinski definition) is 0. The Hall–Kier alpha value is -0.160. The molecule has 0 radical (unpaired) electrons. The predicted octanol–water partition coefficient (Wildman–Crippen LogP) is 0.877. The maximum atomic E-state index is 5.91. The Kier molecular flexibility index (Phi) is 4.74. The van der Waals surface area contributed by atoms with Gasteiger partial charge < -0.3 is 9.64 Å². The quantitative estimate of drug-likeness (QED) is 0.752. The Bertz CT molecular complexity index is 281. The maximum Gasteiger partial charge on any atom is 0.0869 e. The lowest BCUT2D eigenvalue weighted by Crippen LogP contribution is -2.48. The number of likely N-dealkylation sites (tertiary alicyclic amines) is 2. The zero-order valence-electron chi connectivity index (χ0n) is 12.4. The third-order valence-corrected chi connectivity index (χ3v) is 5.05. The molecule has 4 heteroatoms. The van der Waals surface area contributed by atoms with E-state index in [2.05, 4.69) is 21.7 Å². The first-order chi connectivity index (χ1) is 9.33. The number of nitrogens with zero attached hydrogens (tertiary/aromatic N) is 3. The average Bonchev–Trinajstić information content (AvgIpc) is 2.84. The lowest BCUT2D eigenvalue weighted by atomic mass is 10.1. The number of hydrogen-bond acceptors (Lipinski definition) is 4. The molecular formula is C15H29N3O. The van der Waals surface area contributed by atoms with Crippen LogP contribution in [0.1, 0.15) is 25.7 Å². The summed E-state index contributed by atoms with van der Waals surface area (Å²) in [6.07, 6.45) is 6.05. The van der Waals surface area contributed by atoms with E-state index in [9.17, 15) is 0 Å². The molecule has 3 aliphatic rings. The molecule has 110 valence electrons. The number of fused-ring (bicyclic) bond motifs is 1. The van der Waals surface area contributed by atoms with Crippen molar-refractivity contribution in [3.8, 4) is 0 Å². The lowest BCUT2D eigenvalue weighted by molar-refractivity contribution is -0.0369. The Morgan fingerprint density at radius 1 is 0.947 bits per heavy atom. The molecule has 0 aromatic carbocycles. The highest BCUT2D eigenvalue weighted by Gasteiger charge is 2.38. The Labute approximate surface area is 117 Å². The molecule has 0 saturated carbocycles. The summed E-state index contributed by atoms with van der Waals surface area (Å²) in [6.45, 7) is 9.58. The minimum Gasteiger partial charge on any atom is -0.374 e. The molecule has 0 amide bonds. The van der Waals surface area contributed by atoms with Crippen LogP contribution in [0, 0.1) is 0 Å². The van der Waals surface area contributed by atoms with Crippen LogP contribution in [-0.2, 0) is 4.74 Å². The van der Waals surface area contributed by atoms with E-state index >= 15 is 0 Å². The Balaban J connectivity index is 1.37. The predicted molar refractivity (Wildman–Crippen MR) is 77.5 cm³/mol. The van der Waals surface area contributed by atoms with Gasteiger partial charge in [0.1, 0.15) is 0 Å². The fourth-order valence-electron chi connectivity index (χ4n) is 3.82. The van der Waals surface area contributed by atoms with Crippen LogP contribution in [0.2, 0.25) is 0 Å². The molecule has 0 aromatic rings. The molecule has 0 aromatic heterocycles. The summed E-state index contributed by atoms with van der Waals surface area (Å²) in [7, 11) is 2.25. The molecule has 3 fully saturated rings. The lowest BCUT2D eigenvalue weighted by Gasteiger charge is -2.33. The smallest absolute Gasteiger partial charge is 0.0869 e. The summed E-state index contributed by atoms with van der Waals surface area (Å²) in [6, 6.07) is 0.642.